The molecule has 0 spiro atoms. The summed E-state index contributed by atoms with van der Waals surface area (Å²) in [5.74, 6) is 0. The standard InChI is InChI=1S/C20H32/c1-5-9-12-17-15-18(8-4)20(14-11-7-3)19(16-17)13-10-6-2/h8,15-16H,4-7,9-14H2,1-3H3. The molecule has 0 fully saturated rings. The molecular weight excluding hydrogens is 240 g/mol. The molecule has 0 radical (unpaired) electrons. The van der Waals surface area contributed by atoms with Crippen LogP contribution in [0.4, 0.5) is 0 Å². The Labute approximate surface area is 126 Å². The molecule has 20 heavy (non-hydrogen) atoms. The van der Waals surface area contributed by atoms with E-state index < -0.39 is 0 Å². The van der Waals surface area contributed by atoms with E-state index >= 15 is 0 Å². The summed E-state index contributed by atoms with van der Waals surface area (Å²) in [7, 11) is 0. The maximum atomic E-state index is 4.04. The van der Waals surface area contributed by atoms with E-state index in [2.05, 4.69) is 45.6 Å². The molecule has 0 atom stereocenters. The summed E-state index contributed by atoms with van der Waals surface area (Å²) in [6.07, 6.45) is 13.4. The van der Waals surface area contributed by atoms with Crippen molar-refractivity contribution in [3.05, 3.63) is 41.0 Å². The maximum absolute atomic E-state index is 4.04. The average molecular weight is 272 g/mol. The van der Waals surface area contributed by atoms with Gasteiger partial charge in [0, 0.05) is 0 Å². The SMILES string of the molecule is C=Cc1cc(CCCC)cc(CCCC)c1CCCC. The second-order valence-corrected chi connectivity index (χ2v) is 5.84. The lowest BCUT2D eigenvalue weighted by molar-refractivity contribution is 0.750. The first-order chi connectivity index (χ1) is 9.76. The fourth-order valence-electron chi connectivity index (χ4n) is 2.78. The largest absolute Gasteiger partial charge is 0.0985 e. The molecule has 0 nitrogen and oxygen atoms in total. The summed E-state index contributed by atoms with van der Waals surface area (Å²) in [5.41, 5.74) is 6.05. The molecule has 0 saturated carbocycles. The lowest BCUT2D eigenvalue weighted by Gasteiger charge is -2.15. The predicted octanol–water partition coefficient (Wildman–Crippen LogP) is 6.36. The van der Waals surface area contributed by atoms with Gasteiger partial charge in [-0.25, -0.2) is 0 Å². The number of hydrogen-bond donors (Lipinski definition) is 0. The van der Waals surface area contributed by atoms with Crippen LogP contribution in [0.3, 0.4) is 0 Å². The summed E-state index contributed by atoms with van der Waals surface area (Å²) in [4.78, 5) is 0. The molecule has 0 aliphatic rings. The van der Waals surface area contributed by atoms with Gasteiger partial charge in [0.05, 0.1) is 0 Å². The Hall–Kier alpha value is -1.04. The molecule has 0 unspecified atom stereocenters. The van der Waals surface area contributed by atoms with Gasteiger partial charge in [0.2, 0.25) is 0 Å². The van der Waals surface area contributed by atoms with Crippen LogP contribution in [0.5, 0.6) is 0 Å². The molecular formula is C20H32. The second kappa shape index (κ2) is 9.80. The van der Waals surface area contributed by atoms with Crippen molar-refractivity contribution in [2.45, 2.75) is 78.6 Å². The van der Waals surface area contributed by atoms with Gasteiger partial charge in [0.15, 0.2) is 0 Å². The van der Waals surface area contributed by atoms with E-state index in [1.807, 2.05) is 0 Å². The minimum atomic E-state index is 1.21. The predicted molar refractivity (Wildman–Crippen MR) is 92.4 cm³/mol. The van der Waals surface area contributed by atoms with Crippen molar-refractivity contribution in [1.29, 1.82) is 0 Å². The molecule has 0 aliphatic carbocycles. The molecule has 0 N–H and O–H groups in total. The molecule has 0 bridgehead atoms. The molecule has 0 heterocycles. The smallest absolute Gasteiger partial charge is 0.0225 e. The number of aryl methyl sites for hydroxylation is 2. The van der Waals surface area contributed by atoms with Crippen LogP contribution in [-0.4, -0.2) is 0 Å². The quantitative estimate of drug-likeness (QED) is 0.465. The van der Waals surface area contributed by atoms with E-state index in [1.165, 1.54) is 68.9 Å². The van der Waals surface area contributed by atoms with Crippen molar-refractivity contribution in [3.63, 3.8) is 0 Å². The van der Waals surface area contributed by atoms with Crippen LogP contribution in [0.25, 0.3) is 6.08 Å². The fourth-order valence-corrected chi connectivity index (χ4v) is 2.78. The first-order valence-electron chi connectivity index (χ1n) is 8.53. The van der Waals surface area contributed by atoms with Crippen molar-refractivity contribution in [3.8, 4) is 0 Å². The molecule has 112 valence electrons. The molecule has 0 saturated heterocycles. The van der Waals surface area contributed by atoms with Crippen molar-refractivity contribution >= 4 is 6.08 Å². The molecule has 1 aromatic carbocycles. The highest BCUT2D eigenvalue weighted by molar-refractivity contribution is 5.56. The van der Waals surface area contributed by atoms with E-state index in [9.17, 15) is 0 Å². The van der Waals surface area contributed by atoms with Gasteiger partial charge in [-0.1, -0.05) is 64.8 Å². The Bertz CT molecular complexity index is 401. The minimum Gasteiger partial charge on any atom is -0.0985 e. The lowest BCUT2D eigenvalue weighted by atomic mass is 9.90. The van der Waals surface area contributed by atoms with E-state index in [1.54, 1.807) is 11.1 Å². The van der Waals surface area contributed by atoms with Gasteiger partial charge < -0.3 is 0 Å². The highest BCUT2D eigenvalue weighted by Crippen LogP contribution is 2.24. The second-order valence-electron chi connectivity index (χ2n) is 5.84. The van der Waals surface area contributed by atoms with Crippen molar-refractivity contribution in [2.24, 2.45) is 0 Å². The van der Waals surface area contributed by atoms with Crippen molar-refractivity contribution < 1.29 is 0 Å². The maximum Gasteiger partial charge on any atom is -0.0225 e. The van der Waals surface area contributed by atoms with Gasteiger partial charge in [-0.3, -0.25) is 0 Å². The van der Waals surface area contributed by atoms with Crippen LogP contribution in [0.15, 0.2) is 18.7 Å². The normalized spacial score (nSPS) is 10.8. The third kappa shape index (κ3) is 5.15. The summed E-state index contributed by atoms with van der Waals surface area (Å²) < 4.78 is 0. The third-order valence-electron chi connectivity index (χ3n) is 4.06. The molecule has 1 rings (SSSR count). The summed E-state index contributed by atoms with van der Waals surface area (Å²) in [6.45, 7) is 10.9. The first-order valence-corrected chi connectivity index (χ1v) is 8.53. The van der Waals surface area contributed by atoms with Crippen LogP contribution < -0.4 is 0 Å². The Morgan fingerprint density at radius 3 is 2.05 bits per heavy atom. The van der Waals surface area contributed by atoms with E-state index in [-0.39, 0.29) is 0 Å². The fraction of sp³-hybridized carbons (Fsp3) is 0.600. The zero-order valence-corrected chi connectivity index (χ0v) is 13.8. The van der Waals surface area contributed by atoms with E-state index in [0.29, 0.717) is 0 Å². The number of rotatable bonds is 10. The van der Waals surface area contributed by atoms with Gasteiger partial charge >= 0.3 is 0 Å². The molecule has 0 aromatic heterocycles. The van der Waals surface area contributed by atoms with Crippen molar-refractivity contribution in [2.75, 3.05) is 0 Å². The molecule has 0 aliphatic heterocycles. The highest BCUT2D eigenvalue weighted by Gasteiger charge is 2.09. The monoisotopic (exact) mass is 272 g/mol. The summed E-state index contributed by atoms with van der Waals surface area (Å²) in [5, 5.41) is 0. The van der Waals surface area contributed by atoms with E-state index in [0.717, 1.165) is 0 Å². The van der Waals surface area contributed by atoms with E-state index in [4.69, 9.17) is 0 Å². The topological polar surface area (TPSA) is 0 Å². The van der Waals surface area contributed by atoms with Gasteiger partial charge in [-0.15, -0.1) is 0 Å². The third-order valence-corrected chi connectivity index (χ3v) is 4.06. The number of unbranched alkanes of at least 4 members (excludes halogenated alkanes) is 3. The summed E-state index contributed by atoms with van der Waals surface area (Å²) >= 11 is 0. The Morgan fingerprint density at radius 1 is 0.850 bits per heavy atom. The zero-order chi connectivity index (χ0) is 14.8. The lowest BCUT2D eigenvalue weighted by Crippen LogP contribution is -2.01. The molecule has 1 aromatic rings. The number of benzene rings is 1. The highest BCUT2D eigenvalue weighted by atomic mass is 14.1. The summed E-state index contributed by atoms with van der Waals surface area (Å²) in [6, 6.07) is 4.85. The Kier molecular flexibility index (Phi) is 8.34. The van der Waals surface area contributed by atoms with Gasteiger partial charge in [-0.05, 0) is 60.8 Å². The Balaban J connectivity index is 3.05. The Morgan fingerprint density at radius 2 is 1.45 bits per heavy atom. The van der Waals surface area contributed by atoms with Crippen molar-refractivity contribution in [1.82, 2.24) is 0 Å². The number of hydrogen-bond acceptors (Lipinski definition) is 0. The van der Waals surface area contributed by atoms with Crippen LogP contribution in [0, 0.1) is 0 Å². The van der Waals surface area contributed by atoms with Gasteiger partial charge in [0.1, 0.15) is 0 Å². The van der Waals surface area contributed by atoms with Gasteiger partial charge in [0.25, 0.3) is 0 Å². The zero-order valence-electron chi connectivity index (χ0n) is 13.8. The average Bonchev–Trinajstić information content (AvgIpc) is 2.48. The molecule has 0 heteroatoms. The van der Waals surface area contributed by atoms with Crippen LogP contribution in [0.2, 0.25) is 0 Å². The first kappa shape index (κ1) is 17.0. The minimum absolute atomic E-state index is 1.21. The van der Waals surface area contributed by atoms with Crippen LogP contribution >= 0.6 is 0 Å². The van der Waals surface area contributed by atoms with Crippen LogP contribution in [0.1, 0.15) is 81.5 Å². The molecule has 0 amide bonds. The van der Waals surface area contributed by atoms with Crippen LogP contribution in [-0.2, 0) is 19.3 Å². The van der Waals surface area contributed by atoms with Gasteiger partial charge in [-0.2, -0.15) is 0 Å².